The maximum Gasteiger partial charge on any atom is 0.391 e. The molecule has 0 radical (unpaired) electrons. The molecule has 4 nitrogen and oxygen atoms in total. The van der Waals surface area contributed by atoms with Gasteiger partial charge in [-0.2, -0.15) is 13.2 Å². The maximum atomic E-state index is 12.4. The second-order valence-corrected chi connectivity index (χ2v) is 4.69. The molecule has 20 heavy (non-hydrogen) atoms. The predicted molar refractivity (Wildman–Crippen MR) is 73.9 cm³/mol. The molecule has 1 heterocycles. The SMILES string of the molecule is CCCc1c(NCC)ncnc1NC(C)CC(F)(F)F. The highest BCUT2D eigenvalue weighted by Crippen LogP contribution is 2.26. The van der Waals surface area contributed by atoms with E-state index in [0.29, 0.717) is 24.6 Å². The molecule has 0 saturated heterocycles. The summed E-state index contributed by atoms with van der Waals surface area (Å²) in [6.07, 6.45) is -2.13. The lowest BCUT2D eigenvalue weighted by molar-refractivity contribution is -0.136. The Kier molecular flexibility index (Phi) is 6.04. The summed E-state index contributed by atoms with van der Waals surface area (Å²) in [5.74, 6) is 1.17. The molecule has 0 bridgehead atoms. The maximum absolute atomic E-state index is 12.4. The summed E-state index contributed by atoms with van der Waals surface area (Å²) >= 11 is 0. The standard InChI is InChI=1S/C13H21F3N4/c1-4-6-10-11(17-5-2)18-8-19-12(10)20-9(3)7-13(14,15)16/h8-9H,4-7H2,1-3H3,(H2,17,18,19,20). The van der Waals surface area contributed by atoms with Gasteiger partial charge in [0, 0.05) is 18.2 Å². The molecule has 1 aromatic rings. The summed E-state index contributed by atoms with van der Waals surface area (Å²) in [6.45, 7) is 6.15. The fraction of sp³-hybridized carbons (Fsp3) is 0.692. The minimum Gasteiger partial charge on any atom is -0.370 e. The third-order valence-corrected chi connectivity index (χ3v) is 2.71. The summed E-state index contributed by atoms with van der Waals surface area (Å²) in [6, 6.07) is -0.727. The van der Waals surface area contributed by atoms with Crippen LogP contribution in [-0.4, -0.2) is 28.7 Å². The second kappa shape index (κ2) is 7.31. The van der Waals surface area contributed by atoms with Gasteiger partial charge >= 0.3 is 6.18 Å². The Bertz CT molecular complexity index is 421. The van der Waals surface area contributed by atoms with Crippen LogP contribution in [0.3, 0.4) is 0 Å². The fourth-order valence-electron chi connectivity index (χ4n) is 1.97. The Morgan fingerprint density at radius 1 is 1.20 bits per heavy atom. The largest absolute Gasteiger partial charge is 0.391 e. The lowest BCUT2D eigenvalue weighted by atomic mass is 10.1. The highest BCUT2D eigenvalue weighted by molar-refractivity contribution is 5.57. The predicted octanol–water partition coefficient (Wildman–Crippen LogP) is 3.61. The molecule has 1 unspecified atom stereocenters. The first-order valence-corrected chi connectivity index (χ1v) is 6.78. The van der Waals surface area contributed by atoms with E-state index in [9.17, 15) is 13.2 Å². The highest BCUT2D eigenvalue weighted by Gasteiger charge is 2.30. The van der Waals surface area contributed by atoms with Gasteiger partial charge in [0.15, 0.2) is 0 Å². The number of hydrogen-bond acceptors (Lipinski definition) is 4. The second-order valence-electron chi connectivity index (χ2n) is 4.69. The van der Waals surface area contributed by atoms with E-state index >= 15 is 0 Å². The van der Waals surface area contributed by atoms with Crippen molar-refractivity contribution >= 4 is 11.6 Å². The minimum absolute atomic E-state index is 0.481. The minimum atomic E-state index is -4.19. The van der Waals surface area contributed by atoms with E-state index in [1.807, 2.05) is 13.8 Å². The first-order valence-electron chi connectivity index (χ1n) is 6.78. The zero-order chi connectivity index (χ0) is 15.2. The van der Waals surface area contributed by atoms with Crippen molar-refractivity contribution < 1.29 is 13.2 Å². The van der Waals surface area contributed by atoms with E-state index in [1.54, 1.807) is 0 Å². The van der Waals surface area contributed by atoms with E-state index < -0.39 is 18.6 Å². The molecule has 0 aromatic carbocycles. The Balaban J connectivity index is 2.90. The molecule has 0 saturated carbocycles. The van der Waals surface area contributed by atoms with Crippen molar-refractivity contribution in [3.05, 3.63) is 11.9 Å². The van der Waals surface area contributed by atoms with Gasteiger partial charge in [-0.3, -0.25) is 0 Å². The van der Waals surface area contributed by atoms with Crippen molar-refractivity contribution in [3.63, 3.8) is 0 Å². The average molecular weight is 290 g/mol. The molecule has 0 amide bonds. The highest BCUT2D eigenvalue weighted by atomic mass is 19.4. The van der Waals surface area contributed by atoms with Crippen LogP contribution in [0.4, 0.5) is 24.8 Å². The van der Waals surface area contributed by atoms with Crippen LogP contribution < -0.4 is 10.6 Å². The van der Waals surface area contributed by atoms with Crippen LogP contribution in [0.15, 0.2) is 6.33 Å². The monoisotopic (exact) mass is 290 g/mol. The van der Waals surface area contributed by atoms with Gasteiger partial charge < -0.3 is 10.6 Å². The zero-order valence-corrected chi connectivity index (χ0v) is 12.0. The van der Waals surface area contributed by atoms with E-state index in [4.69, 9.17) is 0 Å². The molecule has 0 aliphatic carbocycles. The summed E-state index contributed by atoms with van der Waals surface area (Å²) in [4.78, 5) is 8.23. The quantitative estimate of drug-likeness (QED) is 0.805. The van der Waals surface area contributed by atoms with Crippen molar-refractivity contribution in [2.45, 2.75) is 52.3 Å². The molecule has 0 aliphatic heterocycles. The van der Waals surface area contributed by atoms with Crippen LogP contribution in [0, 0.1) is 0 Å². The Morgan fingerprint density at radius 3 is 2.40 bits per heavy atom. The molecule has 114 valence electrons. The Hall–Kier alpha value is -1.53. The smallest absolute Gasteiger partial charge is 0.370 e. The van der Waals surface area contributed by atoms with Crippen LogP contribution in [0.1, 0.15) is 39.2 Å². The number of hydrogen-bond donors (Lipinski definition) is 2. The number of aromatic nitrogens is 2. The van der Waals surface area contributed by atoms with Crippen LogP contribution >= 0.6 is 0 Å². The summed E-state index contributed by atoms with van der Waals surface area (Å²) < 4.78 is 37.1. The van der Waals surface area contributed by atoms with Crippen molar-refractivity contribution in [1.82, 2.24) is 9.97 Å². The lowest BCUT2D eigenvalue weighted by Gasteiger charge is -2.19. The number of nitrogens with one attached hydrogen (secondary N) is 2. The van der Waals surface area contributed by atoms with Gasteiger partial charge in [-0.25, -0.2) is 9.97 Å². The van der Waals surface area contributed by atoms with Crippen molar-refractivity contribution in [3.8, 4) is 0 Å². The molecule has 1 atom stereocenters. The van der Waals surface area contributed by atoms with Gasteiger partial charge in [0.1, 0.15) is 18.0 Å². The van der Waals surface area contributed by atoms with Crippen LogP contribution in [0.5, 0.6) is 0 Å². The van der Waals surface area contributed by atoms with E-state index in [2.05, 4.69) is 20.6 Å². The van der Waals surface area contributed by atoms with Crippen LogP contribution in [0.25, 0.3) is 0 Å². The first kappa shape index (κ1) is 16.5. The van der Waals surface area contributed by atoms with Gasteiger partial charge in [0.05, 0.1) is 6.42 Å². The number of anilines is 2. The van der Waals surface area contributed by atoms with Crippen molar-refractivity contribution in [2.75, 3.05) is 17.2 Å². The molecule has 0 spiro atoms. The third kappa shape index (κ3) is 5.22. The molecule has 1 aromatic heterocycles. The molecule has 1 rings (SSSR count). The third-order valence-electron chi connectivity index (χ3n) is 2.71. The Labute approximate surface area is 117 Å². The number of halogens is 3. The van der Waals surface area contributed by atoms with Gasteiger partial charge in [-0.15, -0.1) is 0 Å². The summed E-state index contributed by atoms with van der Waals surface area (Å²) in [5, 5.41) is 5.95. The number of rotatable bonds is 7. The summed E-state index contributed by atoms with van der Waals surface area (Å²) in [5.41, 5.74) is 0.839. The molecule has 0 fully saturated rings. The zero-order valence-electron chi connectivity index (χ0n) is 12.0. The summed E-state index contributed by atoms with van der Waals surface area (Å²) in [7, 11) is 0. The molecule has 7 heteroatoms. The molecule has 0 aliphatic rings. The van der Waals surface area contributed by atoms with Crippen LogP contribution in [0.2, 0.25) is 0 Å². The molecular formula is C13H21F3N4. The number of nitrogens with zero attached hydrogens (tertiary/aromatic N) is 2. The molecular weight excluding hydrogens is 269 g/mol. The lowest BCUT2D eigenvalue weighted by Crippen LogP contribution is -2.25. The van der Waals surface area contributed by atoms with Gasteiger partial charge in [-0.05, 0) is 20.3 Å². The number of alkyl halides is 3. The fourth-order valence-corrected chi connectivity index (χ4v) is 1.97. The van der Waals surface area contributed by atoms with Crippen LogP contribution in [-0.2, 0) is 6.42 Å². The normalized spacial score (nSPS) is 13.1. The van der Waals surface area contributed by atoms with Gasteiger partial charge in [0.2, 0.25) is 0 Å². The van der Waals surface area contributed by atoms with E-state index in [-0.39, 0.29) is 0 Å². The topological polar surface area (TPSA) is 49.8 Å². The van der Waals surface area contributed by atoms with Gasteiger partial charge in [0.25, 0.3) is 0 Å². The van der Waals surface area contributed by atoms with Crippen molar-refractivity contribution in [2.24, 2.45) is 0 Å². The Morgan fingerprint density at radius 2 is 1.85 bits per heavy atom. The molecule has 2 N–H and O–H groups in total. The average Bonchev–Trinajstić information content (AvgIpc) is 2.31. The van der Waals surface area contributed by atoms with E-state index in [1.165, 1.54) is 13.3 Å². The van der Waals surface area contributed by atoms with E-state index in [0.717, 1.165) is 12.0 Å². The van der Waals surface area contributed by atoms with Gasteiger partial charge in [-0.1, -0.05) is 13.3 Å². The van der Waals surface area contributed by atoms with Crippen molar-refractivity contribution in [1.29, 1.82) is 0 Å². The first-order chi connectivity index (χ1) is 9.37.